The topological polar surface area (TPSA) is 133 Å². The molecule has 0 unspecified atom stereocenters. The third-order valence-electron chi connectivity index (χ3n) is 5.44. The smallest absolute Gasteiger partial charge is 0.312 e. The summed E-state index contributed by atoms with van der Waals surface area (Å²) in [4.78, 5) is 13.5. The number of rotatable bonds is 8. The van der Waals surface area contributed by atoms with Gasteiger partial charge in [-0.3, -0.25) is 4.99 Å². The van der Waals surface area contributed by atoms with Crippen LogP contribution >= 0.6 is 22.9 Å². The van der Waals surface area contributed by atoms with Gasteiger partial charge in [0.1, 0.15) is 11.9 Å². The molecule has 3 heterocycles. The zero-order valence-corrected chi connectivity index (χ0v) is 19.4. The van der Waals surface area contributed by atoms with Crippen molar-refractivity contribution < 1.29 is 18.3 Å². The maximum Gasteiger partial charge on any atom is 0.312 e. The van der Waals surface area contributed by atoms with Crippen LogP contribution in [0.1, 0.15) is 23.0 Å². The third kappa shape index (κ3) is 5.17. The minimum atomic E-state index is -2.82. The molecule has 2 aliphatic heterocycles. The SMILES string of the molecule is [N-]=[N+]=NC[C@]1(O)CC2=C(C(=N)/C=C\NC(F)F)[C@H](c3ccc(F)cc3Cl)N=C(c3nccs3)N2C1. The number of amidine groups is 1. The van der Waals surface area contributed by atoms with Crippen molar-refractivity contribution in [2.45, 2.75) is 24.6 Å². The highest BCUT2D eigenvalue weighted by Crippen LogP contribution is 2.45. The molecule has 182 valence electrons. The van der Waals surface area contributed by atoms with Crippen LogP contribution in [0, 0.1) is 11.2 Å². The Labute approximate surface area is 206 Å². The second kappa shape index (κ2) is 10.1. The van der Waals surface area contributed by atoms with E-state index < -0.39 is 24.0 Å². The van der Waals surface area contributed by atoms with Crippen LogP contribution in [-0.4, -0.2) is 51.8 Å². The molecule has 1 aromatic heterocycles. The number of aromatic nitrogens is 1. The lowest BCUT2D eigenvalue weighted by molar-refractivity contribution is 0.0650. The van der Waals surface area contributed by atoms with Crippen molar-refractivity contribution in [3.8, 4) is 0 Å². The molecule has 1 aromatic carbocycles. The van der Waals surface area contributed by atoms with Gasteiger partial charge in [-0.2, -0.15) is 8.78 Å². The van der Waals surface area contributed by atoms with Gasteiger partial charge in [-0.1, -0.05) is 22.8 Å². The van der Waals surface area contributed by atoms with Crippen molar-refractivity contribution in [2.24, 2.45) is 10.1 Å². The Bertz CT molecular complexity index is 1280. The lowest BCUT2D eigenvalue weighted by atomic mass is 9.90. The number of halogens is 4. The minimum Gasteiger partial charge on any atom is -0.387 e. The molecule has 4 rings (SSSR count). The maximum atomic E-state index is 13.8. The van der Waals surface area contributed by atoms with Crippen LogP contribution in [0.2, 0.25) is 5.02 Å². The number of azide groups is 1. The maximum absolute atomic E-state index is 13.8. The average Bonchev–Trinajstić information content (AvgIpc) is 3.44. The Morgan fingerprint density at radius 3 is 2.97 bits per heavy atom. The van der Waals surface area contributed by atoms with Crippen molar-refractivity contribution in [3.05, 3.63) is 85.2 Å². The highest BCUT2D eigenvalue weighted by molar-refractivity contribution is 7.11. The van der Waals surface area contributed by atoms with E-state index in [2.05, 4.69) is 15.0 Å². The predicted molar refractivity (Wildman–Crippen MR) is 126 cm³/mol. The normalized spacial score (nSPS) is 21.8. The van der Waals surface area contributed by atoms with Crippen LogP contribution in [0.3, 0.4) is 0 Å². The van der Waals surface area contributed by atoms with E-state index in [4.69, 9.17) is 27.5 Å². The van der Waals surface area contributed by atoms with Crippen LogP contribution in [0.4, 0.5) is 13.2 Å². The second-order valence-electron chi connectivity index (χ2n) is 7.81. The van der Waals surface area contributed by atoms with E-state index in [1.807, 2.05) is 5.32 Å². The Hall–Kier alpha value is -3.38. The molecule has 35 heavy (non-hydrogen) atoms. The van der Waals surface area contributed by atoms with E-state index in [-0.39, 0.29) is 35.8 Å². The van der Waals surface area contributed by atoms with Gasteiger partial charge in [0.25, 0.3) is 0 Å². The summed E-state index contributed by atoms with van der Waals surface area (Å²) in [5.41, 5.74) is 8.25. The summed E-state index contributed by atoms with van der Waals surface area (Å²) >= 11 is 7.66. The van der Waals surface area contributed by atoms with Crippen molar-refractivity contribution in [2.75, 3.05) is 13.1 Å². The van der Waals surface area contributed by atoms with Crippen LogP contribution < -0.4 is 5.32 Å². The van der Waals surface area contributed by atoms with E-state index >= 15 is 0 Å². The van der Waals surface area contributed by atoms with Crippen molar-refractivity contribution in [3.63, 3.8) is 0 Å². The molecule has 0 bridgehead atoms. The summed E-state index contributed by atoms with van der Waals surface area (Å²) in [6.07, 6.45) is 3.66. The molecule has 9 nitrogen and oxygen atoms in total. The number of alkyl halides is 2. The number of hydrogen-bond acceptors (Lipinski definition) is 8. The number of aliphatic hydroxyl groups is 1. The first kappa shape index (κ1) is 24.7. The van der Waals surface area contributed by atoms with Gasteiger partial charge in [-0.15, -0.1) is 11.3 Å². The Morgan fingerprint density at radius 1 is 1.51 bits per heavy atom. The summed E-state index contributed by atoms with van der Waals surface area (Å²) < 4.78 is 39.0. The summed E-state index contributed by atoms with van der Waals surface area (Å²) in [5.74, 6) is -0.168. The first-order chi connectivity index (χ1) is 16.7. The van der Waals surface area contributed by atoms with Crippen molar-refractivity contribution >= 4 is 34.5 Å². The largest absolute Gasteiger partial charge is 0.387 e. The van der Waals surface area contributed by atoms with Gasteiger partial charge in [-0.25, -0.2) is 9.37 Å². The van der Waals surface area contributed by atoms with E-state index in [9.17, 15) is 18.3 Å². The second-order valence-corrected chi connectivity index (χ2v) is 9.11. The summed E-state index contributed by atoms with van der Waals surface area (Å²) in [7, 11) is 0. The van der Waals surface area contributed by atoms with Crippen LogP contribution in [0.5, 0.6) is 0 Å². The number of nitrogens with one attached hydrogen (secondary N) is 2. The number of benzene rings is 1. The molecule has 2 aromatic rings. The minimum absolute atomic E-state index is 0.000580. The average molecular weight is 523 g/mol. The lowest BCUT2D eigenvalue weighted by Crippen LogP contribution is -2.39. The molecule has 0 aliphatic carbocycles. The van der Waals surface area contributed by atoms with Gasteiger partial charge in [0.15, 0.2) is 10.8 Å². The molecule has 14 heteroatoms. The fourth-order valence-corrected chi connectivity index (χ4v) is 4.94. The molecule has 0 saturated carbocycles. The highest BCUT2D eigenvalue weighted by Gasteiger charge is 2.46. The summed E-state index contributed by atoms with van der Waals surface area (Å²) in [6.45, 7) is -3.06. The summed E-state index contributed by atoms with van der Waals surface area (Å²) in [6, 6.07) is 2.85. The Morgan fingerprint density at radius 2 is 2.31 bits per heavy atom. The number of aliphatic imine (C=N–C) groups is 1. The predicted octanol–water partition coefficient (Wildman–Crippen LogP) is 4.78. The quantitative estimate of drug-likeness (QED) is 0.151. The zero-order valence-electron chi connectivity index (χ0n) is 17.9. The molecular weight excluding hydrogens is 505 g/mol. The third-order valence-corrected chi connectivity index (χ3v) is 6.53. The number of allylic oxidation sites excluding steroid dienone is 1. The van der Waals surface area contributed by atoms with Crippen molar-refractivity contribution in [1.29, 1.82) is 5.41 Å². The van der Waals surface area contributed by atoms with E-state index in [0.717, 1.165) is 18.3 Å². The first-order valence-corrected chi connectivity index (χ1v) is 11.4. The molecule has 1 saturated heterocycles. The van der Waals surface area contributed by atoms with Gasteiger partial charge in [0, 0.05) is 51.0 Å². The molecule has 0 radical (unpaired) electrons. The molecule has 0 amide bonds. The molecule has 0 spiro atoms. The van der Waals surface area contributed by atoms with Gasteiger partial charge in [0.05, 0.1) is 24.4 Å². The molecule has 1 fully saturated rings. The van der Waals surface area contributed by atoms with Crippen molar-refractivity contribution in [1.82, 2.24) is 15.2 Å². The van der Waals surface area contributed by atoms with Crippen LogP contribution in [-0.2, 0) is 0 Å². The lowest BCUT2D eigenvalue weighted by Gasteiger charge is -2.32. The number of thiazole rings is 1. The van der Waals surface area contributed by atoms with Gasteiger partial charge < -0.3 is 20.7 Å². The molecule has 2 atom stereocenters. The Balaban J connectivity index is 1.90. The zero-order chi connectivity index (χ0) is 25.2. The van der Waals surface area contributed by atoms with Crippen LogP contribution in [0.15, 0.2) is 63.4 Å². The van der Waals surface area contributed by atoms with E-state index in [1.165, 1.54) is 23.5 Å². The Kier molecular flexibility index (Phi) is 7.13. The molecule has 2 aliphatic rings. The highest BCUT2D eigenvalue weighted by atomic mass is 35.5. The fourth-order valence-electron chi connectivity index (χ4n) is 4.03. The fraction of sp³-hybridized carbons (Fsp3) is 0.286. The number of nitrogens with zero attached hydrogens (tertiary/aromatic N) is 6. The number of hydrogen-bond donors (Lipinski definition) is 3. The summed E-state index contributed by atoms with van der Waals surface area (Å²) in [5, 5.41) is 27.5. The first-order valence-electron chi connectivity index (χ1n) is 10.2. The monoisotopic (exact) mass is 522 g/mol. The van der Waals surface area contributed by atoms with Gasteiger partial charge in [0.2, 0.25) is 0 Å². The molecule has 3 N–H and O–H groups in total. The van der Waals surface area contributed by atoms with Gasteiger partial charge >= 0.3 is 6.55 Å². The molecular formula is C21H18ClF3N8OS. The van der Waals surface area contributed by atoms with E-state index in [0.29, 0.717) is 22.1 Å². The van der Waals surface area contributed by atoms with Gasteiger partial charge in [-0.05, 0) is 23.7 Å². The van der Waals surface area contributed by atoms with Crippen LogP contribution in [0.25, 0.3) is 10.4 Å². The standard InChI is InChI=1S/C21H18ClF3N8OS/c22-13-7-11(23)1-2-12(13)17-16(14(26)3-4-29-20(24)25)15-8-21(34,9-30-32-27)10-33(15)18(31-17)19-28-5-6-35-19/h1-7,17,20,26,29,34H,8-10H2/b4-3-,26-14?/t17-,21+/m0/s1. The van der Waals surface area contributed by atoms with E-state index in [1.54, 1.807) is 16.5 Å². The number of fused-ring (bicyclic) bond motifs is 1.